The molecule has 0 saturated heterocycles. The fourth-order valence-corrected chi connectivity index (χ4v) is 2.30. The molecule has 2 aromatic carbocycles. The van der Waals surface area contributed by atoms with Crippen molar-refractivity contribution in [2.75, 3.05) is 7.11 Å². The molecule has 0 unspecified atom stereocenters. The SMILES string of the molecule is COc1ccc(F)cc1[C@H](CC(=O)O)NC(=O)OCc1ccccc1. The van der Waals surface area contributed by atoms with Crippen LogP contribution in [0.5, 0.6) is 5.75 Å². The van der Waals surface area contributed by atoms with Gasteiger partial charge in [-0.25, -0.2) is 9.18 Å². The number of halogens is 1. The topological polar surface area (TPSA) is 84.9 Å². The fraction of sp³-hybridized carbons (Fsp3) is 0.222. The van der Waals surface area contributed by atoms with Crippen LogP contribution in [0.4, 0.5) is 9.18 Å². The average molecular weight is 347 g/mol. The molecular formula is C18H18FNO5. The van der Waals surface area contributed by atoms with Crippen LogP contribution in [-0.2, 0) is 16.1 Å². The fourth-order valence-electron chi connectivity index (χ4n) is 2.30. The number of carbonyl (C=O) groups is 2. The second-order valence-electron chi connectivity index (χ2n) is 5.24. The molecule has 0 fully saturated rings. The van der Waals surface area contributed by atoms with E-state index >= 15 is 0 Å². The Kier molecular flexibility index (Phi) is 6.33. The molecule has 0 aliphatic carbocycles. The summed E-state index contributed by atoms with van der Waals surface area (Å²) in [5.74, 6) is -1.44. The summed E-state index contributed by atoms with van der Waals surface area (Å²) in [6.45, 7) is 0.0345. The first-order chi connectivity index (χ1) is 12.0. The molecule has 6 nitrogen and oxygen atoms in total. The highest BCUT2D eigenvalue weighted by molar-refractivity contribution is 5.72. The van der Waals surface area contributed by atoms with Gasteiger partial charge in [0.2, 0.25) is 0 Å². The van der Waals surface area contributed by atoms with Crippen LogP contribution >= 0.6 is 0 Å². The molecule has 0 aliphatic heterocycles. The Hall–Kier alpha value is -3.09. The van der Waals surface area contributed by atoms with Gasteiger partial charge in [-0.05, 0) is 23.8 Å². The summed E-state index contributed by atoms with van der Waals surface area (Å²) in [6, 6.07) is 11.7. The zero-order valence-electron chi connectivity index (χ0n) is 13.6. The highest BCUT2D eigenvalue weighted by Crippen LogP contribution is 2.28. The van der Waals surface area contributed by atoms with Crippen LogP contribution in [0.15, 0.2) is 48.5 Å². The van der Waals surface area contributed by atoms with Crippen molar-refractivity contribution in [3.05, 3.63) is 65.5 Å². The summed E-state index contributed by atoms with van der Waals surface area (Å²) in [5, 5.41) is 11.5. The van der Waals surface area contributed by atoms with Gasteiger partial charge in [0, 0.05) is 5.56 Å². The van der Waals surface area contributed by atoms with Crippen LogP contribution in [0, 0.1) is 5.82 Å². The minimum atomic E-state index is -1.15. The first kappa shape index (κ1) is 18.3. The van der Waals surface area contributed by atoms with Crippen LogP contribution < -0.4 is 10.1 Å². The molecule has 2 aromatic rings. The molecule has 7 heteroatoms. The third kappa shape index (κ3) is 5.49. The standard InChI is InChI=1S/C18H18FNO5/c1-24-16-8-7-13(19)9-14(16)15(10-17(21)22)20-18(23)25-11-12-5-3-2-4-6-12/h2-9,15H,10-11H2,1H3,(H,20,23)(H,21,22)/t15-/m0/s1. The second kappa shape index (κ2) is 8.68. The number of methoxy groups -OCH3 is 1. The van der Waals surface area contributed by atoms with Gasteiger partial charge in [0.15, 0.2) is 0 Å². The van der Waals surface area contributed by atoms with Crippen molar-refractivity contribution in [1.82, 2.24) is 5.32 Å². The van der Waals surface area contributed by atoms with Gasteiger partial charge in [-0.15, -0.1) is 0 Å². The number of carboxylic acids is 1. The third-order valence-electron chi connectivity index (χ3n) is 3.45. The highest BCUT2D eigenvalue weighted by atomic mass is 19.1. The molecule has 0 bridgehead atoms. The maximum atomic E-state index is 13.5. The molecule has 2 rings (SSSR count). The van der Waals surface area contributed by atoms with E-state index in [0.29, 0.717) is 0 Å². The Labute approximate surface area is 144 Å². The summed E-state index contributed by atoms with van der Waals surface area (Å²) in [7, 11) is 1.38. The van der Waals surface area contributed by atoms with Crippen molar-refractivity contribution in [2.24, 2.45) is 0 Å². The van der Waals surface area contributed by atoms with Gasteiger partial charge in [-0.1, -0.05) is 30.3 Å². The average Bonchev–Trinajstić information content (AvgIpc) is 2.60. The van der Waals surface area contributed by atoms with Crippen molar-refractivity contribution in [3.8, 4) is 5.75 Å². The molecule has 0 radical (unpaired) electrons. The zero-order valence-corrected chi connectivity index (χ0v) is 13.6. The number of benzene rings is 2. The lowest BCUT2D eigenvalue weighted by Crippen LogP contribution is -2.31. The van der Waals surface area contributed by atoms with Crippen LogP contribution in [0.1, 0.15) is 23.6 Å². The van der Waals surface area contributed by atoms with Gasteiger partial charge >= 0.3 is 12.1 Å². The number of alkyl carbamates (subject to hydrolysis) is 1. The number of hydrogen-bond acceptors (Lipinski definition) is 4. The molecule has 1 atom stereocenters. The molecule has 2 N–H and O–H groups in total. The third-order valence-corrected chi connectivity index (χ3v) is 3.45. The van der Waals surface area contributed by atoms with Crippen molar-refractivity contribution >= 4 is 12.1 Å². The number of rotatable bonds is 7. The molecule has 0 spiro atoms. The predicted octanol–water partition coefficient (Wildman–Crippen LogP) is 3.28. The maximum Gasteiger partial charge on any atom is 0.407 e. The molecule has 0 aromatic heterocycles. The number of nitrogens with one attached hydrogen (secondary N) is 1. The Balaban J connectivity index is 2.11. The van der Waals surface area contributed by atoms with Crippen molar-refractivity contribution in [3.63, 3.8) is 0 Å². The number of carbonyl (C=O) groups excluding carboxylic acids is 1. The smallest absolute Gasteiger partial charge is 0.407 e. The Morgan fingerprint density at radius 1 is 1.20 bits per heavy atom. The lowest BCUT2D eigenvalue weighted by atomic mass is 10.0. The van der Waals surface area contributed by atoms with E-state index in [1.807, 2.05) is 6.07 Å². The summed E-state index contributed by atoms with van der Waals surface area (Å²) in [4.78, 5) is 23.1. The molecular weight excluding hydrogens is 329 g/mol. The lowest BCUT2D eigenvalue weighted by molar-refractivity contribution is -0.137. The first-order valence-electron chi connectivity index (χ1n) is 7.52. The minimum Gasteiger partial charge on any atom is -0.496 e. The summed E-state index contributed by atoms with van der Waals surface area (Å²) in [6.07, 6.45) is -1.25. The summed E-state index contributed by atoms with van der Waals surface area (Å²) >= 11 is 0. The molecule has 0 aliphatic rings. The number of amides is 1. The van der Waals surface area contributed by atoms with E-state index in [9.17, 15) is 14.0 Å². The molecule has 132 valence electrons. The molecule has 0 heterocycles. The predicted molar refractivity (Wildman–Crippen MR) is 87.7 cm³/mol. The van der Waals surface area contributed by atoms with E-state index in [2.05, 4.69) is 5.32 Å². The monoisotopic (exact) mass is 347 g/mol. The number of carboxylic acid groups (broad SMARTS) is 1. The van der Waals surface area contributed by atoms with Gasteiger partial charge in [0.1, 0.15) is 18.2 Å². The van der Waals surface area contributed by atoms with E-state index < -0.39 is 30.3 Å². The van der Waals surface area contributed by atoms with Crippen molar-refractivity contribution < 1.29 is 28.6 Å². The number of ether oxygens (including phenoxy) is 2. The summed E-state index contributed by atoms with van der Waals surface area (Å²) < 4.78 is 23.8. The van der Waals surface area contributed by atoms with Gasteiger partial charge in [0.05, 0.1) is 19.6 Å². The molecule has 25 heavy (non-hydrogen) atoms. The van der Waals surface area contributed by atoms with E-state index in [1.54, 1.807) is 24.3 Å². The quantitative estimate of drug-likeness (QED) is 0.803. The van der Waals surface area contributed by atoms with Crippen LogP contribution in [0.25, 0.3) is 0 Å². The van der Waals surface area contributed by atoms with Gasteiger partial charge < -0.3 is 19.9 Å². The Morgan fingerprint density at radius 3 is 2.56 bits per heavy atom. The van der Waals surface area contributed by atoms with E-state index in [4.69, 9.17) is 14.6 Å². The van der Waals surface area contributed by atoms with Gasteiger partial charge in [-0.2, -0.15) is 0 Å². The maximum absolute atomic E-state index is 13.5. The first-order valence-corrected chi connectivity index (χ1v) is 7.52. The Bertz CT molecular complexity index is 736. The largest absolute Gasteiger partial charge is 0.496 e. The van der Waals surface area contributed by atoms with E-state index in [-0.39, 0.29) is 17.9 Å². The molecule has 1 amide bonds. The number of hydrogen-bond donors (Lipinski definition) is 2. The van der Waals surface area contributed by atoms with Crippen LogP contribution in [-0.4, -0.2) is 24.3 Å². The summed E-state index contributed by atoms with van der Waals surface area (Å²) in [5.41, 5.74) is 1.01. The van der Waals surface area contributed by atoms with Crippen molar-refractivity contribution in [1.29, 1.82) is 0 Å². The normalized spacial score (nSPS) is 11.4. The van der Waals surface area contributed by atoms with Gasteiger partial charge in [0.25, 0.3) is 0 Å². The highest BCUT2D eigenvalue weighted by Gasteiger charge is 2.23. The lowest BCUT2D eigenvalue weighted by Gasteiger charge is -2.19. The van der Waals surface area contributed by atoms with Crippen molar-refractivity contribution in [2.45, 2.75) is 19.1 Å². The van der Waals surface area contributed by atoms with E-state index in [0.717, 1.165) is 11.6 Å². The second-order valence-corrected chi connectivity index (χ2v) is 5.24. The van der Waals surface area contributed by atoms with Crippen LogP contribution in [0.2, 0.25) is 0 Å². The molecule has 0 saturated carbocycles. The number of aliphatic carboxylic acids is 1. The Morgan fingerprint density at radius 2 is 1.92 bits per heavy atom. The zero-order chi connectivity index (χ0) is 18.2. The van der Waals surface area contributed by atoms with Gasteiger partial charge in [-0.3, -0.25) is 4.79 Å². The van der Waals surface area contributed by atoms with E-state index in [1.165, 1.54) is 19.2 Å². The van der Waals surface area contributed by atoms with Crippen LogP contribution in [0.3, 0.4) is 0 Å². The minimum absolute atomic E-state index is 0.0345.